The van der Waals surface area contributed by atoms with E-state index < -0.39 is 0 Å². The van der Waals surface area contributed by atoms with Crippen molar-refractivity contribution in [2.24, 2.45) is 0 Å². The molecular formula is C19H19NO3. The van der Waals surface area contributed by atoms with Crippen molar-refractivity contribution >= 4 is 17.4 Å². The van der Waals surface area contributed by atoms with E-state index in [0.717, 1.165) is 23.1 Å². The molecule has 1 aromatic heterocycles. The summed E-state index contributed by atoms with van der Waals surface area (Å²) < 4.78 is 5.36. The number of hydrogen-bond donors (Lipinski definition) is 1. The van der Waals surface area contributed by atoms with Crippen LogP contribution < -0.4 is 4.74 Å². The molecule has 0 fully saturated rings. The highest BCUT2D eigenvalue weighted by Crippen LogP contribution is 2.33. The molecule has 0 saturated heterocycles. The van der Waals surface area contributed by atoms with Crippen molar-refractivity contribution in [3.63, 3.8) is 0 Å². The lowest BCUT2D eigenvalue weighted by Gasteiger charge is -2.12. The Kier molecular flexibility index (Phi) is 5.69. The number of pyridine rings is 1. The molecule has 23 heavy (non-hydrogen) atoms. The molecule has 0 unspecified atom stereocenters. The predicted octanol–water partition coefficient (Wildman–Crippen LogP) is 4.17. The van der Waals surface area contributed by atoms with Crippen molar-refractivity contribution < 1.29 is 14.6 Å². The Bertz CT molecular complexity index is 780. The number of aryl methyl sites for hydroxylation is 1. The molecule has 4 heteroatoms. The van der Waals surface area contributed by atoms with Crippen LogP contribution in [0.3, 0.4) is 0 Å². The second-order valence-corrected chi connectivity index (χ2v) is 4.87. The highest BCUT2D eigenvalue weighted by atomic mass is 16.5. The summed E-state index contributed by atoms with van der Waals surface area (Å²) in [5.74, 6) is 0.865. The summed E-state index contributed by atoms with van der Waals surface area (Å²) in [6.45, 7) is 1.91. The normalized spacial score (nSPS) is 9.83. The number of methoxy groups -OCH3 is 1. The molecule has 0 spiro atoms. The number of hydrogen-bond acceptors (Lipinski definition) is 3. The summed E-state index contributed by atoms with van der Waals surface area (Å²) in [4.78, 5) is 12.9. The van der Waals surface area contributed by atoms with Gasteiger partial charge in [0.15, 0.2) is 0 Å². The first-order valence-electron chi connectivity index (χ1n) is 7.34. The largest absolute Gasteiger partial charge is 0.497 e. The smallest absolute Gasteiger partial charge is 0.290 e. The maximum atomic E-state index is 8.36. The summed E-state index contributed by atoms with van der Waals surface area (Å²) in [6, 6.07) is 16.5. The van der Waals surface area contributed by atoms with Gasteiger partial charge in [0.05, 0.1) is 12.6 Å². The molecule has 118 valence electrons. The van der Waals surface area contributed by atoms with E-state index in [4.69, 9.17) is 14.6 Å². The zero-order valence-corrected chi connectivity index (χ0v) is 13.2. The quantitative estimate of drug-likeness (QED) is 0.738. The van der Waals surface area contributed by atoms with E-state index in [1.165, 1.54) is 16.7 Å². The standard InChI is InChI=1S/C18H17NO.CH2O2/c1-3-13-12-19-17-10-9-15(20-2)11-16(17)18(13)14-7-5-4-6-8-14;2-1-3/h4-12H,3H2,1-2H3;1H,(H,2,3). The van der Waals surface area contributed by atoms with E-state index in [1.807, 2.05) is 24.4 Å². The Morgan fingerprint density at radius 1 is 1.17 bits per heavy atom. The van der Waals surface area contributed by atoms with E-state index in [2.05, 4.69) is 42.2 Å². The molecule has 0 saturated carbocycles. The topological polar surface area (TPSA) is 59.4 Å². The van der Waals surface area contributed by atoms with Gasteiger partial charge in [-0.3, -0.25) is 9.78 Å². The van der Waals surface area contributed by atoms with Crippen molar-refractivity contribution in [1.29, 1.82) is 0 Å². The van der Waals surface area contributed by atoms with Gasteiger partial charge in [0.2, 0.25) is 0 Å². The minimum Gasteiger partial charge on any atom is -0.497 e. The van der Waals surface area contributed by atoms with Gasteiger partial charge in [-0.1, -0.05) is 37.3 Å². The van der Waals surface area contributed by atoms with Gasteiger partial charge in [0.1, 0.15) is 5.75 Å². The van der Waals surface area contributed by atoms with Gasteiger partial charge in [0.25, 0.3) is 6.47 Å². The second-order valence-electron chi connectivity index (χ2n) is 4.87. The minimum absolute atomic E-state index is 0.250. The molecular weight excluding hydrogens is 290 g/mol. The van der Waals surface area contributed by atoms with Crippen molar-refractivity contribution in [2.45, 2.75) is 13.3 Å². The van der Waals surface area contributed by atoms with Gasteiger partial charge in [-0.2, -0.15) is 0 Å². The van der Waals surface area contributed by atoms with Crippen LogP contribution in [-0.2, 0) is 11.2 Å². The van der Waals surface area contributed by atoms with Crippen LogP contribution in [0.5, 0.6) is 5.75 Å². The summed E-state index contributed by atoms with van der Waals surface area (Å²) in [7, 11) is 1.69. The van der Waals surface area contributed by atoms with Crippen LogP contribution in [0.25, 0.3) is 22.0 Å². The molecule has 0 aliphatic rings. The summed E-state index contributed by atoms with van der Waals surface area (Å²) >= 11 is 0. The van der Waals surface area contributed by atoms with E-state index in [0.29, 0.717) is 0 Å². The maximum absolute atomic E-state index is 8.36. The van der Waals surface area contributed by atoms with Crippen LogP contribution in [-0.4, -0.2) is 23.7 Å². The van der Waals surface area contributed by atoms with Crippen molar-refractivity contribution in [3.8, 4) is 16.9 Å². The highest BCUT2D eigenvalue weighted by Gasteiger charge is 2.10. The fourth-order valence-electron chi connectivity index (χ4n) is 2.55. The third kappa shape index (κ3) is 3.66. The SMILES string of the molecule is CCc1cnc2ccc(OC)cc2c1-c1ccccc1.O=CO. The third-order valence-electron chi connectivity index (χ3n) is 3.60. The molecule has 0 bridgehead atoms. The van der Waals surface area contributed by atoms with Gasteiger partial charge in [0, 0.05) is 11.6 Å². The number of benzene rings is 2. The molecule has 0 aliphatic carbocycles. The summed E-state index contributed by atoms with van der Waals surface area (Å²) in [6.07, 6.45) is 2.95. The fourth-order valence-corrected chi connectivity index (χ4v) is 2.55. The molecule has 3 rings (SSSR count). The maximum Gasteiger partial charge on any atom is 0.290 e. The number of nitrogens with zero attached hydrogens (tertiary/aromatic N) is 1. The number of fused-ring (bicyclic) bond motifs is 1. The number of carboxylic acid groups (broad SMARTS) is 1. The summed E-state index contributed by atoms with van der Waals surface area (Å²) in [5, 5.41) is 8.04. The van der Waals surface area contributed by atoms with Gasteiger partial charge in [-0.05, 0) is 41.3 Å². The Labute approximate surface area is 135 Å². The van der Waals surface area contributed by atoms with Gasteiger partial charge < -0.3 is 9.84 Å². The van der Waals surface area contributed by atoms with Crippen LogP contribution in [0.15, 0.2) is 54.7 Å². The average Bonchev–Trinajstić information content (AvgIpc) is 2.61. The average molecular weight is 309 g/mol. The lowest BCUT2D eigenvalue weighted by atomic mass is 9.95. The molecule has 0 atom stereocenters. The predicted molar refractivity (Wildman–Crippen MR) is 91.8 cm³/mol. The molecule has 1 heterocycles. The second kappa shape index (κ2) is 7.94. The number of ether oxygens (including phenoxy) is 1. The Hall–Kier alpha value is -2.88. The number of carbonyl (C=O) groups is 1. The Morgan fingerprint density at radius 2 is 1.87 bits per heavy atom. The van der Waals surface area contributed by atoms with E-state index in [1.54, 1.807) is 7.11 Å². The molecule has 2 aromatic carbocycles. The molecule has 0 amide bonds. The lowest BCUT2D eigenvalue weighted by Crippen LogP contribution is -1.93. The molecule has 0 aliphatic heterocycles. The first-order valence-corrected chi connectivity index (χ1v) is 7.34. The van der Waals surface area contributed by atoms with Crippen LogP contribution in [0.2, 0.25) is 0 Å². The van der Waals surface area contributed by atoms with E-state index in [-0.39, 0.29) is 6.47 Å². The minimum atomic E-state index is -0.250. The Morgan fingerprint density at radius 3 is 2.48 bits per heavy atom. The van der Waals surface area contributed by atoms with Crippen LogP contribution in [0.1, 0.15) is 12.5 Å². The van der Waals surface area contributed by atoms with E-state index >= 15 is 0 Å². The van der Waals surface area contributed by atoms with Crippen molar-refractivity contribution in [2.75, 3.05) is 7.11 Å². The first-order chi connectivity index (χ1) is 11.2. The number of aromatic nitrogens is 1. The van der Waals surface area contributed by atoms with Crippen LogP contribution in [0, 0.1) is 0 Å². The highest BCUT2D eigenvalue weighted by molar-refractivity contribution is 5.96. The lowest BCUT2D eigenvalue weighted by molar-refractivity contribution is -0.122. The van der Waals surface area contributed by atoms with Crippen molar-refractivity contribution in [1.82, 2.24) is 4.98 Å². The zero-order chi connectivity index (χ0) is 16.7. The zero-order valence-electron chi connectivity index (χ0n) is 13.2. The van der Waals surface area contributed by atoms with Crippen molar-refractivity contribution in [3.05, 3.63) is 60.3 Å². The molecule has 4 nitrogen and oxygen atoms in total. The first kappa shape index (κ1) is 16.5. The third-order valence-corrected chi connectivity index (χ3v) is 3.60. The Balaban J connectivity index is 0.000000595. The molecule has 1 N–H and O–H groups in total. The molecule has 0 radical (unpaired) electrons. The van der Waals surface area contributed by atoms with Crippen LogP contribution in [0.4, 0.5) is 0 Å². The molecule has 3 aromatic rings. The number of rotatable bonds is 3. The van der Waals surface area contributed by atoms with E-state index in [9.17, 15) is 0 Å². The fraction of sp³-hybridized carbons (Fsp3) is 0.158. The van der Waals surface area contributed by atoms with Gasteiger partial charge >= 0.3 is 0 Å². The monoisotopic (exact) mass is 309 g/mol. The van der Waals surface area contributed by atoms with Gasteiger partial charge in [-0.15, -0.1) is 0 Å². The van der Waals surface area contributed by atoms with Crippen LogP contribution >= 0.6 is 0 Å². The van der Waals surface area contributed by atoms with Gasteiger partial charge in [-0.25, -0.2) is 0 Å². The summed E-state index contributed by atoms with van der Waals surface area (Å²) in [5.41, 5.74) is 4.75.